The summed E-state index contributed by atoms with van der Waals surface area (Å²) in [6, 6.07) is 8.56. The van der Waals surface area contributed by atoms with Crippen LogP contribution in [0.1, 0.15) is 11.1 Å². The first kappa shape index (κ1) is 14.8. The van der Waals surface area contributed by atoms with E-state index in [2.05, 4.69) is 0 Å². The monoisotopic (exact) mass is 313 g/mol. The summed E-state index contributed by atoms with van der Waals surface area (Å²) in [6.07, 6.45) is 0. The predicted molar refractivity (Wildman–Crippen MR) is 77.9 cm³/mol. The maximum absolute atomic E-state index is 13.6. The lowest BCUT2D eigenvalue weighted by atomic mass is 10.2. The van der Waals surface area contributed by atoms with E-state index in [-0.39, 0.29) is 21.2 Å². The van der Waals surface area contributed by atoms with Crippen LogP contribution in [0.15, 0.2) is 41.3 Å². The van der Waals surface area contributed by atoms with Crippen molar-refractivity contribution in [2.75, 3.05) is 5.73 Å². The molecule has 0 aliphatic heterocycles. The average Bonchev–Trinajstić information content (AvgIpc) is 2.36. The van der Waals surface area contributed by atoms with Crippen LogP contribution in [0.5, 0.6) is 0 Å². The van der Waals surface area contributed by atoms with Gasteiger partial charge in [0.15, 0.2) is 9.84 Å². The molecule has 0 saturated carbocycles. The van der Waals surface area contributed by atoms with Crippen LogP contribution in [0.4, 0.5) is 10.1 Å². The highest BCUT2D eigenvalue weighted by atomic mass is 35.5. The van der Waals surface area contributed by atoms with Gasteiger partial charge in [0.05, 0.1) is 16.3 Å². The molecule has 0 aliphatic rings. The molecule has 0 fully saturated rings. The summed E-state index contributed by atoms with van der Waals surface area (Å²) in [5.41, 5.74) is 6.67. The minimum Gasteiger partial charge on any atom is -0.397 e. The van der Waals surface area contributed by atoms with Gasteiger partial charge in [-0.05, 0) is 36.8 Å². The summed E-state index contributed by atoms with van der Waals surface area (Å²) in [5, 5.41) is 0.286. The summed E-state index contributed by atoms with van der Waals surface area (Å²) in [6.45, 7) is 1.72. The molecule has 2 N–H and O–H groups in total. The third-order valence-electron chi connectivity index (χ3n) is 2.97. The molecule has 0 aliphatic carbocycles. The first-order valence-corrected chi connectivity index (χ1v) is 7.86. The minimum atomic E-state index is -3.73. The molecule has 2 rings (SSSR count). The first-order valence-electron chi connectivity index (χ1n) is 5.83. The summed E-state index contributed by atoms with van der Waals surface area (Å²) < 4.78 is 38.3. The lowest BCUT2D eigenvalue weighted by Gasteiger charge is -2.10. The Kier molecular flexibility index (Phi) is 4.01. The molecule has 0 spiro atoms. The number of rotatable bonds is 3. The zero-order valence-corrected chi connectivity index (χ0v) is 12.3. The molecule has 0 amide bonds. The fourth-order valence-corrected chi connectivity index (χ4v) is 3.62. The van der Waals surface area contributed by atoms with Gasteiger partial charge in [0, 0.05) is 10.6 Å². The zero-order chi connectivity index (χ0) is 14.9. The van der Waals surface area contributed by atoms with Crippen molar-refractivity contribution >= 4 is 27.1 Å². The van der Waals surface area contributed by atoms with Crippen LogP contribution in [0.25, 0.3) is 0 Å². The number of aryl methyl sites for hydroxylation is 1. The lowest BCUT2D eigenvalue weighted by Crippen LogP contribution is -2.10. The maximum atomic E-state index is 13.6. The van der Waals surface area contributed by atoms with Gasteiger partial charge in [-0.2, -0.15) is 0 Å². The molecule has 20 heavy (non-hydrogen) atoms. The Labute approximate surface area is 122 Å². The molecule has 2 aromatic rings. The highest BCUT2D eigenvalue weighted by molar-refractivity contribution is 7.90. The highest BCUT2D eigenvalue weighted by Crippen LogP contribution is 2.26. The third kappa shape index (κ3) is 2.94. The van der Waals surface area contributed by atoms with Gasteiger partial charge in [-0.25, -0.2) is 12.8 Å². The summed E-state index contributed by atoms with van der Waals surface area (Å²) in [5.74, 6) is -1.09. The van der Waals surface area contributed by atoms with Crippen molar-refractivity contribution in [3.05, 3.63) is 58.4 Å². The Bertz CT molecular complexity index is 760. The Morgan fingerprint density at radius 1 is 1.25 bits per heavy atom. The number of sulfone groups is 1. The van der Waals surface area contributed by atoms with Crippen molar-refractivity contribution in [1.82, 2.24) is 0 Å². The number of hydrogen-bond acceptors (Lipinski definition) is 3. The fraction of sp³-hybridized carbons (Fsp3) is 0.143. The standard InChI is InChI=1S/C14H13ClFNO2S/c1-9-3-2-4-13(14(9)17)20(18,19)8-10-7-11(15)5-6-12(10)16/h2-7H,8,17H2,1H3. The van der Waals surface area contributed by atoms with Crippen molar-refractivity contribution in [1.29, 1.82) is 0 Å². The molecular weight excluding hydrogens is 301 g/mol. The smallest absolute Gasteiger partial charge is 0.184 e. The summed E-state index contributed by atoms with van der Waals surface area (Å²) >= 11 is 5.76. The van der Waals surface area contributed by atoms with Crippen LogP contribution in [0.2, 0.25) is 5.02 Å². The number of halogens is 2. The van der Waals surface area contributed by atoms with E-state index in [0.717, 1.165) is 6.07 Å². The number of hydrogen-bond donors (Lipinski definition) is 1. The van der Waals surface area contributed by atoms with E-state index in [1.807, 2.05) is 0 Å². The second-order valence-electron chi connectivity index (χ2n) is 4.48. The Morgan fingerprint density at radius 3 is 2.65 bits per heavy atom. The largest absolute Gasteiger partial charge is 0.397 e. The molecule has 3 nitrogen and oxygen atoms in total. The van der Waals surface area contributed by atoms with Gasteiger partial charge in [0.2, 0.25) is 0 Å². The van der Waals surface area contributed by atoms with E-state index in [9.17, 15) is 12.8 Å². The molecule has 2 aromatic carbocycles. The van der Waals surface area contributed by atoms with E-state index in [0.29, 0.717) is 5.56 Å². The lowest BCUT2D eigenvalue weighted by molar-refractivity contribution is 0.587. The van der Waals surface area contributed by atoms with Crippen molar-refractivity contribution in [2.45, 2.75) is 17.6 Å². The van der Waals surface area contributed by atoms with Gasteiger partial charge in [-0.1, -0.05) is 23.7 Å². The minimum absolute atomic E-state index is 0.0110. The number of anilines is 1. The zero-order valence-electron chi connectivity index (χ0n) is 10.7. The third-order valence-corrected chi connectivity index (χ3v) is 4.92. The molecule has 0 aromatic heterocycles. The van der Waals surface area contributed by atoms with Crippen LogP contribution in [-0.2, 0) is 15.6 Å². The molecule has 0 bridgehead atoms. The summed E-state index contributed by atoms with van der Waals surface area (Å²) in [7, 11) is -3.73. The second kappa shape index (κ2) is 5.42. The van der Waals surface area contributed by atoms with E-state index >= 15 is 0 Å². The molecule has 0 atom stereocenters. The molecule has 0 unspecified atom stereocenters. The van der Waals surface area contributed by atoms with Crippen molar-refractivity contribution in [3.63, 3.8) is 0 Å². The Morgan fingerprint density at radius 2 is 1.95 bits per heavy atom. The van der Waals surface area contributed by atoms with Crippen LogP contribution in [0.3, 0.4) is 0 Å². The number of para-hydroxylation sites is 1. The molecule has 6 heteroatoms. The summed E-state index contributed by atoms with van der Waals surface area (Å²) in [4.78, 5) is 0.0110. The molecule has 0 saturated heterocycles. The van der Waals surface area contributed by atoms with E-state index in [4.69, 9.17) is 17.3 Å². The van der Waals surface area contributed by atoms with Gasteiger partial charge in [-0.3, -0.25) is 0 Å². The van der Waals surface area contributed by atoms with Gasteiger partial charge in [0.1, 0.15) is 5.82 Å². The number of benzene rings is 2. The second-order valence-corrected chi connectivity index (χ2v) is 6.88. The molecular formula is C14H13ClFNO2S. The highest BCUT2D eigenvalue weighted by Gasteiger charge is 2.21. The maximum Gasteiger partial charge on any atom is 0.184 e. The van der Waals surface area contributed by atoms with Crippen molar-refractivity contribution in [3.8, 4) is 0 Å². The van der Waals surface area contributed by atoms with Gasteiger partial charge < -0.3 is 5.73 Å². The average molecular weight is 314 g/mol. The predicted octanol–water partition coefficient (Wildman–Crippen LogP) is 3.34. The SMILES string of the molecule is Cc1cccc(S(=O)(=O)Cc2cc(Cl)ccc2F)c1N. The quantitative estimate of drug-likeness (QED) is 0.884. The fourth-order valence-electron chi connectivity index (χ4n) is 1.86. The Hall–Kier alpha value is -1.59. The van der Waals surface area contributed by atoms with Crippen molar-refractivity contribution < 1.29 is 12.8 Å². The van der Waals surface area contributed by atoms with Crippen molar-refractivity contribution in [2.24, 2.45) is 0 Å². The van der Waals surface area contributed by atoms with E-state index < -0.39 is 21.4 Å². The number of nitrogens with two attached hydrogens (primary N) is 1. The van der Waals surface area contributed by atoms with Gasteiger partial charge >= 0.3 is 0 Å². The van der Waals surface area contributed by atoms with E-state index in [1.54, 1.807) is 19.1 Å². The topological polar surface area (TPSA) is 60.2 Å². The van der Waals surface area contributed by atoms with E-state index in [1.165, 1.54) is 18.2 Å². The van der Waals surface area contributed by atoms with Gasteiger partial charge in [0.25, 0.3) is 0 Å². The van der Waals surface area contributed by atoms with Crippen LogP contribution in [0, 0.1) is 12.7 Å². The molecule has 0 heterocycles. The van der Waals surface area contributed by atoms with Gasteiger partial charge in [-0.15, -0.1) is 0 Å². The first-order chi connectivity index (χ1) is 9.31. The van der Waals surface area contributed by atoms with Crippen LogP contribution in [-0.4, -0.2) is 8.42 Å². The molecule has 0 radical (unpaired) electrons. The Balaban J connectivity index is 2.46. The number of nitrogen functional groups attached to an aromatic ring is 1. The molecule has 106 valence electrons. The normalized spacial score (nSPS) is 11.6. The van der Waals surface area contributed by atoms with Crippen LogP contribution >= 0.6 is 11.6 Å². The van der Waals surface area contributed by atoms with Crippen LogP contribution < -0.4 is 5.73 Å².